The molecule has 0 spiro atoms. The number of nitrogen functional groups attached to an aromatic ring is 1. The number of H-pyrrole nitrogens is 1. The van der Waals surface area contributed by atoms with E-state index in [-0.39, 0.29) is 23.2 Å². The molecule has 0 aliphatic carbocycles. The number of rotatable bonds is 5. The van der Waals surface area contributed by atoms with Gasteiger partial charge in [-0.05, 0) is 60.9 Å². The highest BCUT2D eigenvalue weighted by molar-refractivity contribution is 5.92. The van der Waals surface area contributed by atoms with Gasteiger partial charge in [-0.15, -0.1) is 0 Å². The van der Waals surface area contributed by atoms with E-state index in [1.165, 1.54) is 6.08 Å². The standard InChI is InChI=1S/C26H25N5O3/c1-2-22(32)30-14-6-7-17(15-30)21-16-31(24-23(21)26(33)29-28-25(24)27)18-10-12-20(13-11-18)34-19-8-4-3-5-9-19/h2-5,8-13,16-17H,1,6-7,14-15H2,(H2,27,28)(H,29,33)/t17-/m1/s1. The number of hydrogen-bond acceptors (Lipinski definition) is 5. The predicted molar refractivity (Wildman–Crippen MR) is 131 cm³/mol. The average Bonchev–Trinajstić information content (AvgIpc) is 3.29. The molecule has 3 N–H and O–H groups in total. The van der Waals surface area contributed by atoms with Gasteiger partial charge < -0.3 is 19.9 Å². The van der Waals surface area contributed by atoms with E-state index in [1.54, 1.807) is 4.90 Å². The number of carbonyl (C=O) groups excluding carboxylic acids is 1. The number of benzene rings is 2. The number of likely N-dealkylation sites (tertiary alicyclic amines) is 1. The summed E-state index contributed by atoms with van der Waals surface area (Å²) in [5.41, 5.74) is 8.17. The number of ether oxygens (including phenoxy) is 1. The Bertz CT molecular complexity index is 1410. The lowest BCUT2D eigenvalue weighted by atomic mass is 9.90. The van der Waals surface area contributed by atoms with Gasteiger partial charge in [0.1, 0.15) is 17.0 Å². The Labute approximate surface area is 196 Å². The van der Waals surface area contributed by atoms with E-state index < -0.39 is 0 Å². The minimum atomic E-state index is -0.297. The third kappa shape index (κ3) is 3.94. The fraction of sp³-hybridized carbons (Fsp3) is 0.192. The maximum absolute atomic E-state index is 12.9. The lowest BCUT2D eigenvalue weighted by molar-refractivity contribution is -0.127. The molecular weight excluding hydrogens is 430 g/mol. The molecule has 0 radical (unpaired) electrons. The maximum Gasteiger partial charge on any atom is 0.274 e. The molecule has 1 aliphatic heterocycles. The van der Waals surface area contributed by atoms with Gasteiger partial charge >= 0.3 is 0 Å². The molecule has 0 bridgehead atoms. The van der Waals surface area contributed by atoms with Crippen LogP contribution in [-0.2, 0) is 4.79 Å². The van der Waals surface area contributed by atoms with Crippen molar-refractivity contribution in [2.75, 3.05) is 18.8 Å². The highest BCUT2D eigenvalue weighted by Gasteiger charge is 2.28. The first-order valence-electron chi connectivity index (χ1n) is 11.2. The quantitative estimate of drug-likeness (QED) is 0.443. The van der Waals surface area contributed by atoms with Crippen molar-refractivity contribution in [3.05, 3.63) is 89.4 Å². The van der Waals surface area contributed by atoms with Crippen molar-refractivity contribution in [2.45, 2.75) is 18.8 Å². The van der Waals surface area contributed by atoms with E-state index in [0.29, 0.717) is 29.7 Å². The molecule has 1 atom stereocenters. The van der Waals surface area contributed by atoms with Crippen LogP contribution < -0.4 is 16.0 Å². The first-order chi connectivity index (χ1) is 16.5. The second-order valence-corrected chi connectivity index (χ2v) is 8.35. The summed E-state index contributed by atoms with van der Waals surface area (Å²) in [5.74, 6) is 1.59. The van der Waals surface area contributed by atoms with Gasteiger partial charge in [0, 0.05) is 30.9 Å². The summed E-state index contributed by atoms with van der Waals surface area (Å²) in [5, 5.41) is 7.02. The van der Waals surface area contributed by atoms with Crippen molar-refractivity contribution in [1.82, 2.24) is 19.7 Å². The van der Waals surface area contributed by atoms with Crippen molar-refractivity contribution in [1.29, 1.82) is 0 Å². The Morgan fingerprint density at radius 3 is 2.62 bits per heavy atom. The number of carbonyl (C=O) groups is 1. The van der Waals surface area contributed by atoms with Crippen molar-refractivity contribution in [2.24, 2.45) is 0 Å². The van der Waals surface area contributed by atoms with E-state index in [0.717, 1.165) is 29.8 Å². The fourth-order valence-electron chi connectivity index (χ4n) is 4.61. The van der Waals surface area contributed by atoms with Crippen molar-refractivity contribution >= 4 is 22.6 Å². The summed E-state index contributed by atoms with van der Waals surface area (Å²) in [6.45, 7) is 4.81. The zero-order valence-electron chi connectivity index (χ0n) is 18.6. The van der Waals surface area contributed by atoms with Crippen LogP contribution in [0.25, 0.3) is 16.6 Å². The molecule has 8 heteroatoms. The second kappa shape index (κ2) is 8.90. The maximum atomic E-state index is 12.9. The smallest absolute Gasteiger partial charge is 0.274 e. The highest BCUT2D eigenvalue weighted by atomic mass is 16.5. The number of piperidine rings is 1. The van der Waals surface area contributed by atoms with Gasteiger partial charge in [0.25, 0.3) is 5.56 Å². The van der Waals surface area contributed by atoms with Gasteiger partial charge in [-0.25, -0.2) is 5.10 Å². The average molecular weight is 456 g/mol. The van der Waals surface area contributed by atoms with Crippen LogP contribution in [0.5, 0.6) is 11.5 Å². The third-order valence-electron chi connectivity index (χ3n) is 6.22. The Morgan fingerprint density at radius 1 is 1.15 bits per heavy atom. The number of nitrogens with two attached hydrogens (primary N) is 1. The molecule has 3 heterocycles. The van der Waals surface area contributed by atoms with Gasteiger partial charge in [-0.3, -0.25) is 9.59 Å². The lowest BCUT2D eigenvalue weighted by Gasteiger charge is -2.32. The number of fused-ring (bicyclic) bond motifs is 1. The minimum Gasteiger partial charge on any atom is -0.457 e. The third-order valence-corrected chi connectivity index (χ3v) is 6.22. The minimum absolute atomic E-state index is 0.00462. The molecule has 1 aliphatic rings. The molecule has 1 saturated heterocycles. The summed E-state index contributed by atoms with van der Waals surface area (Å²) in [4.78, 5) is 26.9. The van der Waals surface area contributed by atoms with E-state index in [4.69, 9.17) is 10.5 Å². The van der Waals surface area contributed by atoms with E-state index in [1.807, 2.05) is 65.4 Å². The van der Waals surface area contributed by atoms with Crippen LogP contribution in [0.4, 0.5) is 5.82 Å². The highest BCUT2D eigenvalue weighted by Crippen LogP contribution is 2.35. The first kappa shape index (κ1) is 21.5. The number of nitrogens with one attached hydrogen (secondary N) is 1. The molecule has 1 fully saturated rings. The van der Waals surface area contributed by atoms with Crippen LogP contribution in [0.1, 0.15) is 24.3 Å². The Morgan fingerprint density at radius 2 is 1.88 bits per heavy atom. The second-order valence-electron chi connectivity index (χ2n) is 8.35. The summed E-state index contributed by atoms with van der Waals surface area (Å²) in [7, 11) is 0. The van der Waals surface area contributed by atoms with Gasteiger partial charge in [-0.1, -0.05) is 24.8 Å². The molecule has 8 nitrogen and oxygen atoms in total. The van der Waals surface area contributed by atoms with Crippen LogP contribution >= 0.6 is 0 Å². The number of nitrogens with zero attached hydrogens (tertiary/aromatic N) is 3. The van der Waals surface area contributed by atoms with Crippen LogP contribution in [0.3, 0.4) is 0 Å². The Kier molecular flexibility index (Phi) is 5.63. The van der Waals surface area contributed by atoms with Crippen LogP contribution in [0, 0.1) is 0 Å². The summed E-state index contributed by atoms with van der Waals surface area (Å²) in [6.07, 6.45) is 4.99. The molecule has 34 heavy (non-hydrogen) atoms. The largest absolute Gasteiger partial charge is 0.457 e. The number of amides is 1. The van der Waals surface area contributed by atoms with Crippen LogP contribution in [0.15, 0.2) is 78.2 Å². The number of para-hydroxylation sites is 1. The number of anilines is 1. The SMILES string of the molecule is C=CC(=O)N1CCC[C@@H](c2cn(-c3ccc(Oc4ccccc4)cc3)c3c(N)n[nH]c(=O)c23)C1. The van der Waals surface area contributed by atoms with Crippen molar-refractivity contribution in [3.63, 3.8) is 0 Å². The summed E-state index contributed by atoms with van der Waals surface area (Å²) in [6, 6.07) is 17.1. The van der Waals surface area contributed by atoms with Crippen molar-refractivity contribution in [3.8, 4) is 17.2 Å². The van der Waals surface area contributed by atoms with Gasteiger partial charge in [0.2, 0.25) is 5.91 Å². The van der Waals surface area contributed by atoms with Crippen LogP contribution in [0.2, 0.25) is 0 Å². The van der Waals surface area contributed by atoms with Crippen LogP contribution in [-0.4, -0.2) is 38.7 Å². The van der Waals surface area contributed by atoms with E-state index >= 15 is 0 Å². The fourth-order valence-corrected chi connectivity index (χ4v) is 4.61. The zero-order valence-corrected chi connectivity index (χ0v) is 18.6. The molecule has 172 valence electrons. The molecule has 1 amide bonds. The molecule has 5 rings (SSSR count). The summed E-state index contributed by atoms with van der Waals surface area (Å²) < 4.78 is 7.79. The van der Waals surface area contributed by atoms with E-state index in [9.17, 15) is 9.59 Å². The van der Waals surface area contributed by atoms with E-state index in [2.05, 4.69) is 16.8 Å². The normalized spacial score (nSPS) is 15.9. The van der Waals surface area contributed by atoms with Gasteiger partial charge in [-0.2, -0.15) is 5.10 Å². The molecule has 0 unspecified atom stereocenters. The van der Waals surface area contributed by atoms with Gasteiger partial charge in [0.05, 0.1) is 5.39 Å². The molecular formula is C26H25N5O3. The number of aromatic amines is 1. The number of aromatic nitrogens is 3. The topological polar surface area (TPSA) is 106 Å². The number of hydrogen-bond donors (Lipinski definition) is 2. The molecule has 2 aromatic carbocycles. The monoisotopic (exact) mass is 455 g/mol. The van der Waals surface area contributed by atoms with Crippen molar-refractivity contribution < 1.29 is 9.53 Å². The molecule has 2 aromatic heterocycles. The molecule has 0 saturated carbocycles. The molecule has 4 aromatic rings. The predicted octanol–water partition coefficient (Wildman–Crippen LogP) is 3.98. The first-order valence-corrected chi connectivity index (χ1v) is 11.2. The zero-order chi connectivity index (χ0) is 23.7. The Hall–Kier alpha value is -4.33. The van der Waals surface area contributed by atoms with Gasteiger partial charge in [0.15, 0.2) is 5.82 Å². The Balaban J connectivity index is 1.55. The summed E-state index contributed by atoms with van der Waals surface area (Å²) >= 11 is 0. The lowest BCUT2D eigenvalue weighted by Crippen LogP contribution is -2.38.